The van der Waals surface area contributed by atoms with Gasteiger partial charge in [0.2, 0.25) is 0 Å². The molecule has 1 aliphatic rings. The molecule has 1 aromatic rings. The molecule has 5 heteroatoms. The van der Waals surface area contributed by atoms with Crippen LogP contribution in [0.1, 0.15) is 32.6 Å². The van der Waals surface area contributed by atoms with Crippen molar-refractivity contribution in [3.05, 3.63) is 33.1 Å². The molecule has 19 heavy (non-hydrogen) atoms. The van der Waals surface area contributed by atoms with Crippen LogP contribution in [0, 0.1) is 0 Å². The molecule has 1 fully saturated rings. The number of likely N-dealkylation sites (tertiary alicyclic amines) is 1. The van der Waals surface area contributed by atoms with Gasteiger partial charge in [-0.1, -0.05) is 6.42 Å². The molecule has 0 aliphatic carbocycles. The average molecular weight is 265 g/mol. The van der Waals surface area contributed by atoms with Gasteiger partial charge in [-0.25, -0.2) is 4.79 Å². The monoisotopic (exact) mass is 265 g/mol. The van der Waals surface area contributed by atoms with E-state index in [1.54, 1.807) is 10.8 Å². The Labute approximate surface area is 113 Å². The lowest BCUT2D eigenvalue weighted by Crippen LogP contribution is -2.42. The maximum absolute atomic E-state index is 12.1. The fourth-order valence-corrected chi connectivity index (χ4v) is 2.79. The number of aromatic nitrogens is 2. The zero-order valence-corrected chi connectivity index (χ0v) is 11.8. The van der Waals surface area contributed by atoms with Crippen LogP contribution in [0.5, 0.6) is 0 Å². The van der Waals surface area contributed by atoms with Gasteiger partial charge in [0.25, 0.3) is 5.56 Å². The Hall–Kier alpha value is -1.36. The van der Waals surface area contributed by atoms with Gasteiger partial charge in [0.1, 0.15) is 0 Å². The molecular weight excluding hydrogens is 242 g/mol. The lowest BCUT2D eigenvalue weighted by atomic mass is 10.0. The van der Waals surface area contributed by atoms with Gasteiger partial charge in [0.15, 0.2) is 0 Å². The number of piperidine rings is 1. The fourth-order valence-electron chi connectivity index (χ4n) is 2.79. The quantitative estimate of drug-likeness (QED) is 0.813. The molecule has 106 valence electrons. The molecule has 0 bridgehead atoms. The molecule has 0 spiro atoms. The summed E-state index contributed by atoms with van der Waals surface area (Å²) in [6.07, 6.45) is 6.12. The molecule has 5 nitrogen and oxygen atoms in total. The summed E-state index contributed by atoms with van der Waals surface area (Å²) >= 11 is 0. The van der Waals surface area contributed by atoms with Crippen LogP contribution in [0.2, 0.25) is 0 Å². The molecule has 0 saturated carbocycles. The van der Waals surface area contributed by atoms with Crippen molar-refractivity contribution in [2.45, 2.75) is 51.7 Å². The second-order valence-corrected chi connectivity index (χ2v) is 5.29. The normalized spacial score (nSPS) is 20.6. The molecule has 1 aromatic heterocycles. The summed E-state index contributed by atoms with van der Waals surface area (Å²) in [5.74, 6) is 0. The summed E-state index contributed by atoms with van der Waals surface area (Å²) in [6, 6.07) is 1.98. The zero-order chi connectivity index (χ0) is 13.8. The maximum atomic E-state index is 12.1. The molecule has 1 aliphatic heterocycles. The second-order valence-electron chi connectivity index (χ2n) is 5.29. The van der Waals surface area contributed by atoms with Crippen molar-refractivity contribution in [1.82, 2.24) is 14.0 Å². The zero-order valence-electron chi connectivity index (χ0n) is 11.8. The van der Waals surface area contributed by atoms with E-state index in [1.165, 1.54) is 29.9 Å². The van der Waals surface area contributed by atoms with Gasteiger partial charge in [-0.2, -0.15) is 0 Å². The van der Waals surface area contributed by atoms with E-state index >= 15 is 0 Å². The summed E-state index contributed by atoms with van der Waals surface area (Å²) < 4.78 is 2.94. The molecule has 1 saturated heterocycles. The van der Waals surface area contributed by atoms with E-state index in [4.69, 9.17) is 0 Å². The largest absolute Gasteiger partial charge is 0.330 e. The van der Waals surface area contributed by atoms with Crippen molar-refractivity contribution in [1.29, 1.82) is 0 Å². The third-order valence-corrected chi connectivity index (χ3v) is 4.09. The fraction of sp³-hybridized carbons (Fsp3) is 0.714. The molecule has 2 rings (SSSR count). The van der Waals surface area contributed by atoms with E-state index in [-0.39, 0.29) is 11.2 Å². The van der Waals surface area contributed by atoms with Crippen LogP contribution in [-0.4, -0.2) is 33.7 Å². The molecular formula is C14H23N3O2. The van der Waals surface area contributed by atoms with Crippen LogP contribution in [0.25, 0.3) is 0 Å². The van der Waals surface area contributed by atoms with E-state index in [1.807, 2.05) is 6.92 Å². The first-order valence-electron chi connectivity index (χ1n) is 7.14. The topological polar surface area (TPSA) is 47.2 Å². The van der Waals surface area contributed by atoms with Crippen molar-refractivity contribution in [2.24, 2.45) is 0 Å². The van der Waals surface area contributed by atoms with E-state index in [0.717, 1.165) is 13.0 Å². The first-order valence-corrected chi connectivity index (χ1v) is 7.14. The number of aryl methyl sites for hydroxylation is 1. The van der Waals surface area contributed by atoms with Crippen LogP contribution in [-0.2, 0) is 13.1 Å². The molecule has 2 heterocycles. The molecule has 0 amide bonds. The number of nitrogens with zero attached hydrogens (tertiary/aromatic N) is 3. The van der Waals surface area contributed by atoms with Crippen LogP contribution >= 0.6 is 0 Å². The standard InChI is InChI=1S/C14H23N3O2/c1-3-16-10-8-13(18)17(14(16)19)11-7-12-6-4-5-9-15(12)2/h8,10,12H,3-7,9,11H2,1-2H3. The average Bonchev–Trinajstić information content (AvgIpc) is 2.40. The summed E-state index contributed by atoms with van der Waals surface area (Å²) in [5.41, 5.74) is -0.373. The molecule has 1 unspecified atom stereocenters. The molecule has 0 aromatic carbocycles. The Morgan fingerprint density at radius 1 is 1.32 bits per heavy atom. The highest BCUT2D eigenvalue weighted by molar-refractivity contribution is 4.87. The van der Waals surface area contributed by atoms with Gasteiger partial charge in [-0.3, -0.25) is 9.36 Å². The summed E-state index contributed by atoms with van der Waals surface area (Å²) in [4.78, 5) is 26.2. The maximum Gasteiger partial charge on any atom is 0.330 e. The van der Waals surface area contributed by atoms with Crippen molar-refractivity contribution in [2.75, 3.05) is 13.6 Å². The van der Waals surface area contributed by atoms with Crippen molar-refractivity contribution >= 4 is 0 Å². The highest BCUT2D eigenvalue weighted by atomic mass is 16.2. The van der Waals surface area contributed by atoms with E-state index in [9.17, 15) is 9.59 Å². The molecule has 0 N–H and O–H groups in total. The predicted octanol–water partition coefficient (Wildman–Crippen LogP) is 0.904. The second kappa shape index (κ2) is 6.19. The van der Waals surface area contributed by atoms with Gasteiger partial charge >= 0.3 is 5.69 Å². The van der Waals surface area contributed by atoms with Crippen LogP contribution < -0.4 is 11.2 Å². The Kier molecular flexibility index (Phi) is 4.58. The highest BCUT2D eigenvalue weighted by Crippen LogP contribution is 2.17. The van der Waals surface area contributed by atoms with Crippen molar-refractivity contribution in [3.8, 4) is 0 Å². The van der Waals surface area contributed by atoms with Crippen LogP contribution in [0.15, 0.2) is 21.9 Å². The van der Waals surface area contributed by atoms with Gasteiger partial charge in [0.05, 0.1) is 0 Å². The minimum absolute atomic E-state index is 0.187. The van der Waals surface area contributed by atoms with Crippen LogP contribution in [0.4, 0.5) is 0 Å². The van der Waals surface area contributed by atoms with E-state index in [0.29, 0.717) is 19.1 Å². The van der Waals surface area contributed by atoms with E-state index < -0.39 is 0 Å². The van der Waals surface area contributed by atoms with Crippen LogP contribution in [0.3, 0.4) is 0 Å². The predicted molar refractivity (Wildman–Crippen MR) is 75.5 cm³/mol. The number of rotatable bonds is 4. The Bertz CT molecular complexity index is 532. The Balaban J connectivity index is 2.11. The Morgan fingerprint density at radius 3 is 2.79 bits per heavy atom. The third-order valence-electron chi connectivity index (χ3n) is 4.09. The van der Waals surface area contributed by atoms with E-state index in [2.05, 4.69) is 11.9 Å². The lowest BCUT2D eigenvalue weighted by Gasteiger charge is -2.32. The minimum Gasteiger partial charge on any atom is -0.303 e. The SMILES string of the molecule is CCn1ccc(=O)n(CCC2CCCCN2C)c1=O. The number of hydrogen-bond donors (Lipinski definition) is 0. The number of hydrogen-bond acceptors (Lipinski definition) is 3. The molecule has 0 radical (unpaired) electrons. The summed E-state index contributed by atoms with van der Waals surface area (Å²) in [5, 5.41) is 0. The van der Waals surface area contributed by atoms with Gasteiger partial charge in [0, 0.05) is 31.4 Å². The van der Waals surface area contributed by atoms with Gasteiger partial charge < -0.3 is 9.47 Å². The first-order chi connectivity index (χ1) is 9.13. The lowest BCUT2D eigenvalue weighted by molar-refractivity contribution is 0.170. The molecule has 1 atom stereocenters. The highest BCUT2D eigenvalue weighted by Gasteiger charge is 2.19. The van der Waals surface area contributed by atoms with Crippen molar-refractivity contribution in [3.63, 3.8) is 0 Å². The van der Waals surface area contributed by atoms with Gasteiger partial charge in [-0.05, 0) is 39.8 Å². The summed E-state index contributed by atoms with van der Waals surface area (Å²) in [6.45, 7) is 4.15. The first kappa shape index (κ1) is 14.1. The van der Waals surface area contributed by atoms with Gasteiger partial charge in [-0.15, -0.1) is 0 Å². The summed E-state index contributed by atoms with van der Waals surface area (Å²) in [7, 11) is 2.13. The van der Waals surface area contributed by atoms with Crippen molar-refractivity contribution < 1.29 is 0 Å². The smallest absolute Gasteiger partial charge is 0.303 e. The Morgan fingerprint density at radius 2 is 2.11 bits per heavy atom. The minimum atomic E-state index is -0.187. The third kappa shape index (κ3) is 3.15.